The van der Waals surface area contributed by atoms with Gasteiger partial charge in [0, 0.05) is 43.2 Å². The van der Waals surface area contributed by atoms with Crippen LogP contribution in [0.3, 0.4) is 0 Å². The van der Waals surface area contributed by atoms with Gasteiger partial charge in [-0.25, -0.2) is 32.4 Å². The number of nitrogens with one attached hydrogen (secondary N) is 2. The monoisotopic (exact) mass is 664 g/mol. The van der Waals surface area contributed by atoms with Gasteiger partial charge in [0.1, 0.15) is 34.9 Å². The molecule has 0 radical (unpaired) electrons. The van der Waals surface area contributed by atoms with Crippen molar-refractivity contribution in [3.63, 3.8) is 0 Å². The molecule has 0 aliphatic rings. The number of halogens is 3. The van der Waals surface area contributed by atoms with E-state index in [1.165, 1.54) is 42.5 Å². The average Bonchev–Trinajstić information content (AvgIpc) is 3.68. The highest BCUT2D eigenvalue weighted by Crippen LogP contribution is 2.40. The van der Waals surface area contributed by atoms with Crippen molar-refractivity contribution in [1.82, 2.24) is 34.5 Å². The van der Waals surface area contributed by atoms with Crippen LogP contribution in [-0.4, -0.2) is 55.7 Å². The van der Waals surface area contributed by atoms with E-state index in [1.807, 2.05) is 4.72 Å². The maximum atomic E-state index is 13.5. The van der Waals surface area contributed by atoms with Gasteiger partial charge in [-0.3, -0.25) is 9.40 Å². The Morgan fingerprint density at radius 1 is 0.979 bits per heavy atom. The molecule has 0 aliphatic heterocycles. The number of nitrogen functional groups attached to an aromatic ring is 1. The normalized spacial score (nSPS) is 12.4. The number of hydrogen-bond acceptors (Lipinski definition) is 10. The molecule has 0 bridgehead atoms. The number of fused-ring (bicyclic) bond motifs is 1. The van der Waals surface area contributed by atoms with E-state index in [1.54, 1.807) is 61.4 Å². The van der Waals surface area contributed by atoms with Gasteiger partial charge in [-0.1, -0.05) is 18.2 Å². The molecule has 6 rings (SSSR count). The standard InChI is InChI=1S/C30H27F3N10O3S/c1-16(17-4-7-20(31)8-5-17)46-24-10-18(6-9-23(24)41-47(44,45)29(32)33)26-25-27(42(3)40-26)22(14-36-28(25)34)19-11-39-43(15-19)21-12-37-30(35-2)38-13-21/h4-16,29,41H,1-3H3,(H2,34,36)(H,35,37,38)/t16-/m0/s1. The largest absolute Gasteiger partial charge is 0.484 e. The summed E-state index contributed by atoms with van der Waals surface area (Å²) in [6, 6.07) is 9.75. The summed E-state index contributed by atoms with van der Waals surface area (Å²) in [6.07, 6.45) is 7.55. The lowest BCUT2D eigenvalue weighted by molar-refractivity contribution is 0.228. The molecule has 242 valence electrons. The summed E-state index contributed by atoms with van der Waals surface area (Å²) in [5.74, 6) is -3.58. The molecule has 2 aromatic carbocycles. The molecular formula is C30H27F3N10O3S. The second kappa shape index (κ2) is 12.2. The summed E-state index contributed by atoms with van der Waals surface area (Å²) in [5.41, 5.74) is 10.1. The molecule has 0 amide bonds. The van der Waals surface area contributed by atoms with E-state index in [2.05, 4.69) is 25.4 Å². The second-order valence-electron chi connectivity index (χ2n) is 10.4. The van der Waals surface area contributed by atoms with E-state index >= 15 is 0 Å². The minimum Gasteiger partial charge on any atom is -0.484 e. The maximum Gasteiger partial charge on any atom is 0.355 e. The van der Waals surface area contributed by atoms with E-state index in [0.29, 0.717) is 50.5 Å². The zero-order valence-corrected chi connectivity index (χ0v) is 25.9. The number of benzene rings is 2. The number of sulfonamides is 1. The summed E-state index contributed by atoms with van der Waals surface area (Å²) in [5, 5.41) is 12.5. The first-order valence-corrected chi connectivity index (χ1v) is 15.5. The van der Waals surface area contributed by atoms with Crippen LogP contribution in [-0.2, 0) is 17.1 Å². The number of alkyl halides is 2. The highest BCUT2D eigenvalue weighted by atomic mass is 32.2. The topological polar surface area (TPSA) is 168 Å². The van der Waals surface area contributed by atoms with E-state index in [9.17, 15) is 21.6 Å². The van der Waals surface area contributed by atoms with Gasteiger partial charge in [0.05, 0.1) is 35.2 Å². The second-order valence-corrected chi connectivity index (χ2v) is 12.0. The van der Waals surface area contributed by atoms with Crippen LogP contribution in [0, 0.1) is 5.82 Å². The van der Waals surface area contributed by atoms with Crippen molar-refractivity contribution >= 4 is 38.4 Å². The van der Waals surface area contributed by atoms with Crippen LogP contribution in [0.1, 0.15) is 18.6 Å². The molecule has 6 aromatic rings. The van der Waals surface area contributed by atoms with Crippen molar-refractivity contribution in [2.75, 3.05) is 22.8 Å². The Morgan fingerprint density at radius 3 is 2.38 bits per heavy atom. The SMILES string of the molecule is CNc1ncc(-n2cc(-c3cnc(N)c4c(-c5ccc(NS(=O)(=O)C(F)F)c(O[C@@H](C)c6ccc(F)cc6)c5)nn(C)c34)cn2)cn1. The first-order valence-electron chi connectivity index (χ1n) is 14.0. The zero-order chi connectivity index (χ0) is 33.5. The van der Waals surface area contributed by atoms with Crippen LogP contribution in [0.5, 0.6) is 5.75 Å². The molecule has 47 heavy (non-hydrogen) atoms. The molecule has 13 nitrogen and oxygen atoms in total. The molecule has 1 atom stereocenters. The van der Waals surface area contributed by atoms with Crippen molar-refractivity contribution in [3.05, 3.63) is 84.8 Å². The van der Waals surface area contributed by atoms with Gasteiger partial charge in [0.25, 0.3) is 10.0 Å². The average molecular weight is 665 g/mol. The van der Waals surface area contributed by atoms with Crippen molar-refractivity contribution in [2.24, 2.45) is 7.05 Å². The van der Waals surface area contributed by atoms with Crippen LogP contribution in [0.15, 0.2) is 73.4 Å². The molecule has 4 heterocycles. The Labute approximate surface area is 266 Å². The van der Waals surface area contributed by atoms with Gasteiger partial charge in [0.15, 0.2) is 0 Å². The smallest absolute Gasteiger partial charge is 0.355 e. The summed E-state index contributed by atoms with van der Waals surface area (Å²) in [6.45, 7) is 1.65. The van der Waals surface area contributed by atoms with Crippen LogP contribution in [0.2, 0.25) is 0 Å². The third-order valence-corrected chi connectivity index (χ3v) is 8.27. The number of ether oxygens (including phenoxy) is 1. The van der Waals surface area contributed by atoms with Gasteiger partial charge < -0.3 is 15.8 Å². The number of rotatable bonds is 10. The minimum atomic E-state index is -5.03. The molecule has 4 aromatic heterocycles. The number of anilines is 3. The molecule has 0 spiro atoms. The molecule has 0 unspecified atom stereocenters. The number of hydrogen-bond donors (Lipinski definition) is 3. The van der Waals surface area contributed by atoms with Crippen molar-refractivity contribution in [3.8, 4) is 33.8 Å². The van der Waals surface area contributed by atoms with Crippen LogP contribution >= 0.6 is 0 Å². The van der Waals surface area contributed by atoms with E-state index in [0.717, 1.165) is 0 Å². The predicted octanol–water partition coefficient (Wildman–Crippen LogP) is 5.15. The molecule has 4 N–H and O–H groups in total. The molecular weight excluding hydrogens is 637 g/mol. The van der Waals surface area contributed by atoms with Crippen molar-refractivity contribution in [1.29, 1.82) is 0 Å². The van der Waals surface area contributed by atoms with E-state index in [4.69, 9.17) is 15.6 Å². The highest BCUT2D eigenvalue weighted by molar-refractivity contribution is 7.93. The van der Waals surface area contributed by atoms with Crippen molar-refractivity contribution in [2.45, 2.75) is 18.8 Å². The van der Waals surface area contributed by atoms with Crippen molar-refractivity contribution < 1.29 is 26.3 Å². The van der Waals surface area contributed by atoms with Crippen LogP contribution < -0.4 is 20.5 Å². The third-order valence-electron chi connectivity index (χ3n) is 7.30. The number of nitrogens with zero attached hydrogens (tertiary/aromatic N) is 7. The van der Waals surface area contributed by atoms with E-state index in [-0.39, 0.29) is 17.3 Å². The fourth-order valence-electron chi connectivity index (χ4n) is 4.96. The van der Waals surface area contributed by atoms with Crippen LogP contribution in [0.25, 0.3) is 39.0 Å². The molecule has 0 aliphatic carbocycles. The third kappa shape index (κ3) is 6.11. The zero-order valence-electron chi connectivity index (χ0n) is 25.1. The molecule has 0 saturated heterocycles. The summed E-state index contributed by atoms with van der Waals surface area (Å²) >= 11 is 0. The number of pyridine rings is 1. The molecule has 0 saturated carbocycles. The van der Waals surface area contributed by atoms with Gasteiger partial charge in [-0.15, -0.1) is 0 Å². The predicted molar refractivity (Wildman–Crippen MR) is 170 cm³/mol. The number of nitrogens with two attached hydrogens (primary N) is 1. The van der Waals surface area contributed by atoms with Gasteiger partial charge in [-0.2, -0.15) is 19.0 Å². The number of aromatic nitrogens is 7. The first-order chi connectivity index (χ1) is 22.4. The van der Waals surface area contributed by atoms with Gasteiger partial charge in [-0.05, 0) is 36.8 Å². The quantitative estimate of drug-likeness (QED) is 0.178. The summed E-state index contributed by atoms with van der Waals surface area (Å²) in [7, 11) is -1.59. The lowest BCUT2D eigenvalue weighted by Gasteiger charge is -2.19. The maximum absolute atomic E-state index is 13.5. The summed E-state index contributed by atoms with van der Waals surface area (Å²) in [4.78, 5) is 12.9. The Bertz CT molecular complexity index is 2190. The fourth-order valence-corrected chi connectivity index (χ4v) is 5.53. The Morgan fingerprint density at radius 2 is 1.70 bits per heavy atom. The summed E-state index contributed by atoms with van der Waals surface area (Å²) < 4.78 is 75.5. The first kappa shape index (κ1) is 31.3. The Balaban J connectivity index is 1.43. The highest BCUT2D eigenvalue weighted by Gasteiger charge is 2.27. The minimum absolute atomic E-state index is 0.0715. The molecule has 0 fully saturated rings. The molecule has 17 heteroatoms. The lowest BCUT2D eigenvalue weighted by Crippen LogP contribution is -2.21. The van der Waals surface area contributed by atoms with Gasteiger partial charge >= 0.3 is 5.76 Å². The fraction of sp³-hybridized carbons (Fsp3) is 0.167. The van der Waals surface area contributed by atoms with E-state index < -0.39 is 27.7 Å². The van der Waals surface area contributed by atoms with Gasteiger partial charge in [0.2, 0.25) is 5.95 Å². The van der Waals surface area contributed by atoms with Crippen LogP contribution in [0.4, 0.5) is 30.6 Å². The Kier molecular flexibility index (Phi) is 8.14. The lowest BCUT2D eigenvalue weighted by atomic mass is 10.0. The number of aryl methyl sites for hydroxylation is 1. The Hall–Kier alpha value is -5.71.